The third kappa shape index (κ3) is 4.60. The molecule has 0 spiro atoms. The Kier molecular flexibility index (Phi) is 5.83. The molecule has 0 heterocycles. The number of hydrogen-bond donors (Lipinski definition) is 1. The molecule has 0 aromatic heterocycles. The van der Waals surface area contributed by atoms with Gasteiger partial charge >= 0.3 is 0 Å². The molecule has 2 heteroatoms. The highest BCUT2D eigenvalue weighted by Crippen LogP contribution is 2.08. The molecular formula is C14H21NO. The fourth-order valence-corrected chi connectivity index (χ4v) is 1.68. The Hall–Kier alpha value is -1.12. The van der Waals surface area contributed by atoms with Gasteiger partial charge < -0.3 is 4.74 Å². The van der Waals surface area contributed by atoms with E-state index in [4.69, 9.17) is 4.74 Å². The predicted molar refractivity (Wildman–Crippen MR) is 68.5 cm³/mol. The Bertz CT molecular complexity index is 322. The molecule has 0 aliphatic carbocycles. The smallest absolute Gasteiger partial charge is 0.108 e. The van der Waals surface area contributed by atoms with E-state index in [1.54, 1.807) is 7.11 Å². The van der Waals surface area contributed by atoms with Crippen LogP contribution in [0.4, 0.5) is 0 Å². The van der Waals surface area contributed by atoms with Crippen LogP contribution in [0.5, 0.6) is 0 Å². The molecule has 2 nitrogen and oxygen atoms in total. The van der Waals surface area contributed by atoms with Crippen molar-refractivity contribution in [3.8, 4) is 0 Å². The Morgan fingerprint density at radius 2 is 2.31 bits per heavy atom. The van der Waals surface area contributed by atoms with Crippen molar-refractivity contribution in [1.29, 1.82) is 0 Å². The predicted octanol–water partition coefficient (Wildman–Crippen LogP) is 2.68. The standard InChI is InChI=1S/C14H21NO/c1-4-10-15-14(16-3)9-8-13-7-5-6-12(2)11-13/h4-7,11,14-15H,1,8-10H2,2-3H3. The van der Waals surface area contributed by atoms with Gasteiger partial charge in [0.25, 0.3) is 0 Å². The molecule has 0 saturated carbocycles. The number of ether oxygens (including phenoxy) is 1. The molecular weight excluding hydrogens is 198 g/mol. The first-order chi connectivity index (χ1) is 7.76. The maximum absolute atomic E-state index is 5.35. The SMILES string of the molecule is C=CCNC(CCc1cccc(C)c1)OC. The van der Waals surface area contributed by atoms with Crippen LogP contribution in [0.3, 0.4) is 0 Å². The Labute approximate surface area is 98.3 Å². The molecule has 0 aliphatic heterocycles. The van der Waals surface area contributed by atoms with Gasteiger partial charge in [-0.3, -0.25) is 5.32 Å². The lowest BCUT2D eigenvalue weighted by Crippen LogP contribution is -2.31. The molecule has 1 aromatic rings. The van der Waals surface area contributed by atoms with Crippen molar-refractivity contribution in [2.45, 2.75) is 26.0 Å². The summed E-state index contributed by atoms with van der Waals surface area (Å²) in [5.41, 5.74) is 2.67. The van der Waals surface area contributed by atoms with Crippen LogP contribution in [0, 0.1) is 6.92 Å². The van der Waals surface area contributed by atoms with E-state index in [0.29, 0.717) is 0 Å². The van der Waals surface area contributed by atoms with Gasteiger partial charge in [-0.05, 0) is 25.3 Å². The molecule has 16 heavy (non-hydrogen) atoms. The van der Waals surface area contributed by atoms with Crippen molar-refractivity contribution in [2.75, 3.05) is 13.7 Å². The minimum absolute atomic E-state index is 0.110. The van der Waals surface area contributed by atoms with E-state index in [-0.39, 0.29) is 6.23 Å². The monoisotopic (exact) mass is 219 g/mol. The highest BCUT2D eigenvalue weighted by atomic mass is 16.5. The molecule has 0 radical (unpaired) electrons. The van der Waals surface area contributed by atoms with Gasteiger partial charge in [-0.1, -0.05) is 35.9 Å². The number of aryl methyl sites for hydroxylation is 2. The van der Waals surface area contributed by atoms with Gasteiger partial charge in [0.05, 0.1) is 0 Å². The number of rotatable bonds is 7. The van der Waals surface area contributed by atoms with E-state index in [2.05, 4.69) is 43.1 Å². The van der Waals surface area contributed by atoms with Gasteiger partial charge in [0.15, 0.2) is 0 Å². The summed E-state index contributed by atoms with van der Waals surface area (Å²) in [6, 6.07) is 8.60. The molecule has 1 aromatic carbocycles. The lowest BCUT2D eigenvalue weighted by atomic mass is 10.1. The Balaban J connectivity index is 2.39. The molecule has 1 N–H and O–H groups in total. The quantitative estimate of drug-likeness (QED) is 0.562. The second-order valence-corrected chi connectivity index (χ2v) is 3.95. The van der Waals surface area contributed by atoms with Gasteiger partial charge in [0, 0.05) is 13.7 Å². The summed E-state index contributed by atoms with van der Waals surface area (Å²) >= 11 is 0. The summed E-state index contributed by atoms with van der Waals surface area (Å²) in [4.78, 5) is 0. The van der Waals surface area contributed by atoms with Crippen LogP contribution in [0.25, 0.3) is 0 Å². The van der Waals surface area contributed by atoms with E-state index in [1.807, 2.05) is 6.08 Å². The van der Waals surface area contributed by atoms with Crippen molar-refractivity contribution in [1.82, 2.24) is 5.32 Å². The van der Waals surface area contributed by atoms with Crippen LogP contribution in [0.1, 0.15) is 17.5 Å². The van der Waals surface area contributed by atoms with Crippen LogP contribution in [0.2, 0.25) is 0 Å². The zero-order valence-corrected chi connectivity index (χ0v) is 10.2. The van der Waals surface area contributed by atoms with Gasteiger partial charge in [-0.25, -0.2) is 0 Å². The van der Waals surface area contributed by atoms with E-state index in [9.17, 15) is 0 Å². The average molecular weight is 219 g/mol. The number of benzene rings is 1. The van der Waals surface area contributed by atoms with E-state index in [0.717, 1.165) is 19.4 Å². The molecule has 0 fully saturated rings. The van der Waals surface area contributed by atoms with Crippen LogP contribution < -0.4 is 5.32 Å². The third-order valence-electron chi connectivity index (χ3n) is 2.55. The second-order valence-electron chi connectivity index (χ2n) is 3.95. The van der Waals surface area contributed by atoms with E-state index >= 15 is 0 Å². The lowest BCUT2D eigenvalue weighted by Gasteiger charge is -2.16. The highest BCUT2D eigenvalue weighted by molar-refractivity contribution is 5.22. The Morgan fingerprint density at radius 3 is 2.94 bits per heavy atom. The minimum Gasteiger partial charge on any atom is -0.367 e. The largest absolute Gasteiger partial charge is 0.367 e. The molecule has 0 bridgehead atoms. The van der Waals surface area contributed by atoms with Crippen LogP contribution in [0.15, 0.2) is 36.9 Å². The number of hydrogen-bond acceptors (Lipinski definition) is 2. The summed E-state index contributed by atoms with van der Waals surface area (Å²) in [5.74, 6) is 0. The summed E-state index contributed by atoms with van der Waals surface area (Å²) in [6.45, 7) is 6.58. The zero-order chi connectivity index (χ0) is 11.8. The Morgan fingerprint density at radius 1 is 1.50 bits per heavy atom. The van der Waals surface area contributed by atoms with Crippen LogP contribution in [-0.2, 0) is 11.2 Å². The van der Waals surface area contributed by atoms with Gasteiger partial charge in [0.1, 0.15) is 6.23 Å². The summed E-state index contributed by atoms with van der Waals surface area (Å²) in [5, 5.41) is 3.26. The first-order valence-corrected chi connectivity index (χ1v) is 5.69. The third-order valence-corrected chi connectivity index (χ3v) is 2.55. The first-order valence-electron chi connectivity index (χ1n) is 5.69. The number of methoxy groups -OCH3 is 1. The molecule has 88 valence electrons. The summed E-state index contributed by atoms with van der Waals surface area (Å²) in [7, 11) is 1.73. The summed E-state index contributed by atoms with van der Waals surface area (Å²) in [6.07, 6.45) is 3.97. The highest BCUT2D eigenvalue weighted by Gasteiger charge is 2.05. The van der Waals surface area contributed by atoms with Crippen LogP contribution in [-0.4, -0.2) is 19.9 Å². The first kappa shape index (κ1) is 12.9. The van der Waals surface area contributed by atoms with Crippen molar-refractivity contribution < 1.29 is 4.74 Å². The minimum atomic E-state index is 0.110. The van der Waals surface area contributed by atoms with Crippen molar-refractivity contribution >= 4 is 0 Å². The maximum atomic E-state index is 5.35. The second kappa shape index (κ2) is 7.20. The topological polar surface area (TPSA) is 21.3 Å². The van der Waals surface area contributed by atoms with Crippen molar-refractivity contribution in [2.24, 2.45) is 0 Å². The van der Waals surface area contributed by atoms with E-state index < -0.39 is 0 Å². The van der Waals surface area contributed by atoms with Crippen molar-refractivity contribution in [3.05, 3.63) is 48.0 Å². The van der Waals surface area contributed by atoms with Gasteiger partial charge in [0.2, 0.25) is 0 Å². The normalized spacial score (nSPS) is 12.4. The fraction of sp³-hybridized carbons (Fsp3) is 0.429. The molecule has 1 atom stereocenters. The molecule has 0 amide bonds. The molecule has 0 saturated heterocycles. The molecule has 1 rings (SSSR count). The maximum Gasteiger partial charge on any atom is 0.108 e. The average Bonchev–Trinajstić information content (AvgIpc) is 2.29. The number of nitrogens with one attached hydrogen (secondary N) is 1. The molecule has 1 unspecified atom stereocenters. The van der Waals surface area contributed by atoms with Crippen molar-refractivity contribution in [3.63, 3.8) is 0 Å². The fourth-order valence-electron chi connectivity index (χ4n) is 1.68. The van der Waals surface area contributed by atoms with Gasteiger partial charge in [-0.15, -0.1) is 6.58 Å². The molecule has 0 aliphatic rings. The van der Waals surface area contributed by atoms with E-state index in [1.165, 1.54) is 11.1 Å². The van der Waals surface area contributed by atoms with Gasteiger partial charge in [-0.2, -0.15) is 0 Å². The summed E-state index contributed by atoms with van der Waals surface area (Å²) < 4.78 is 5.35. The van der Waals surface area contributed by atoms with Crippen LogP contribution >= 0.6 is 0 Å². The lowest BCUT2D eigenvalue weighted by molar-refractivity contribution is 0.0704. The zero-order valence-electron chi connectivity index (χ0n) is 10.2.